The molecule has 20 heavy (non-hydrogen) atoms. The van der Waals surface area contributed by atoms with Crippen molar-refractivity contribution in [3.8, 4) is 0 Å². The van der Waals surface area contributed by atoms with Gasteiger partial charge >= 0.3 is 0 Å². The van der Waals surface area contributed by atoms with Gasteiger partial charge in [-0.25, -0.2) is 4.39 Å². The van der Waals surface area contributed by atoms with Crippen molar-refractivity contribution in [2.75, 3.05) is 0 Å². The Hall–Kier alpha value is -1.68. The highest BCUT2D eigenvalue weighted by molar-refractivity contribution is 6.25. The summed E-state index contributed by atoms with van der Waals surface area (Å²) >= 11 is 0. The fraction of sp³-hybridized carbons (Fsp3) is 0.438. The topological polar surface area (TPSA) is 46.5 Å². The predicted molar refractivity (Wildman–Crippen MR) is 70.6 cm³/mol. The van der Waals surface area contributed by atoms with Gasteiger partial charge in [-0.15, -0.1) is 0 Å². The molecule has 0 spiro atoms. The monoisotopic (exact) mass is 274 g/mol. The highest BCUT2D eigenvalue weighted by Crippen LogP contribution is 2.53. The van der Waals surface area contributed by atoms with E-state index in [1.54, 1.807) is 6.07 Å². The molecule has 0 amide bonds. The number of carbonyl (C=O) groups is 1. The van der Waals surface area contributed by atoms with Gasteiger partial charge in [0.1, 0.15) is 11.6 Å². The highest BCUT2D eigenvalue weighted by atomic mass is 19.1. The molecule has 2 fully saturated rings. The molecule has 4 rings (SSSR count). The molecule has 1 aliphatic carbocycles. The van der Waals surface area contributed by atoms with Crippen LogP contribution in [-0.2, 0) is 9.53 Å². The minimum Gasteiger partial charge on any atom is -0.511 e. The lowest BCUT2D eigenvalue weighted by molar-refractivity contribution is -0.118. The summed E-state index contributed by atoms with van der Waals surface area (Å²) in [4.78, 5) is 12.6. The predicted octanol–water partition coefficient (Wildman–Crippen LogP) is 2.78. The third kappa shape index (κ3) is 1.40. The van der Waals surface area contributed by atoms with E-state index in [-0.39, 0.29) is 35.6 Å². The molecule has 1 aromatic carbocycles. The number of Topliss-reactive ketones (excluding diaryl/α,β-unsaturated/α-hetero) is 1. The SMILES string of the molecule is Cc1ccc(F)cc1C1=C(O)[C@H]2[C@@H](C1=O)[C@@H]1CC[C@H]2O1. The van der Waals surface area contributed by atoms with Gasteiger partial charge in [-0.3, -0.25) is 4.79 Å². The maximum Gasteiger partial charge on any atom is 0.173 e. The van der Waals surface area contributed by atoms with Gasteiger partial charge in [0.15, 0.2) is 5.78 Å². The van der Waals surface area contributed by atoms with E-state index >= 15 is 0 Å². The molecular weight excluding hydrogens is 259 g/mol. The van der Waals surface area contributed by atoms with E-state index in [1.165, 1.54) is 12.1 Å². The molecule has 4 atom stereocenters. The Morgan fingerprint density at radius 1 is 1.25 bits per heavy atom. The van der Waals surface area contributed by atoms with Gasteiger partial charge in [0, 0.05) is 0 Å². The number of ketones is 1. The fourth-order valence-corrected chi connectivity index (χ4v) is 3.95. The van der Waals surface area contributed by atoms with Crippen molar-refractivity contribution >= 4 is 11.4 Å². The average Bonchev–Trinajstić information content (AvgIpc) is 3.08. The number of hydrogen-bond donors (Lipinski definition) is 1. The molecular formula is C16H15FO3. The number of aryl methyl sites for hydroxylation is 1. The summed E-state index contributed by atoms with van der Waals surface area (Å²) in [6.45, 7) is 1.82. The summed E-state index contributed by atoms with van der Waals surface area (Å²) in [6.07, 6.45) is 1.63. The number of fused-ring (bicyclic) bond motifs is 5. The average molecular weight is 274 g/mol. The van der Waals surface area contributed by atoms with Crippen LogP contribution in [0.25, 0.3) is 5.57 Å². The lowest BCUT2D eigenvalue weighted by Gasteiger charge is -2.19. The number of ether oxygens (including phenoxy) is 1. The smallest absolute Gasteiger partial charge is 0.173 e. The minimum atomic E-state index is -0.394. The van der Waals surface area contributed by atoms with Gasteiger partial charge in [-0.05, 0) is 43.0 Å². The summed E-state index contributed by atoms with van der Waals surface area (Å²) in [5.74, 6) is -0.880. The van der Waals surface area contributed by atoms with Gasteiger partial charge in [0.05, 0.1) is 29.6 Å². The molecule has 0 saturated carbocycles. The van der Waals surface area contributed by atoms with Crippen LogP contribution in [0.1, 0.15) is 24.0 Å². The third-order valence-corrected chi connectivity index (χ3v) is 4.86. The summed E-state index contributed by atoms with van der Waals surface area (Å²) in [5.41, 5.74) is 1.62. The van der Waals surface area contributed by atoms with E-state index in [9.17, 15) is 14.3 Å². The first-order valence-electron chi connectivity index (χ1n) is 6.97. The van der Waals surface area contributed by atoms with Crippen molar-refractivity contribution in [2.45, 2.75) is 32.0 Å². The second kappa shape index (κ2) is 3.92. The van der Waals surface area contributed by atoms with E-state index in [1.807, 2.05) is 6.92 Å². The summed E-state index contributed by atoms with van der Waals surface area (Å²) in [5, 5.41) is 10.5. The zero-order chi connectivity index (χ0) is 14.0. The molecule has 3 nitrogen and oxygen atoms in total. The second-order valence-corrected chi connectivity index (χ2v) is 5.93. The van der Waals surface area contributed by atoms with Gasteiger partial charge in [0.25, 0.3) is 0 Å². The van der Waals surface area contributed by atoms with Crippen LogP contribution in [0.2, 0.25) is 0 Å². The van der Waals surface area contributed by atoms with Crippen LogP contribution in [0.5, 0.6) is 0 Å². The minimum absolute atomic E-state index is 0.0553. The molecule has 0 unspecified atom stereocenters. The first-order valence-corrected chi connectivity index (χ1v) is 6.97. The normalized spacial score (nSPS) is 35.0. The van der Waals surface area contributed by atoms with E-state index in [0.717, 1.165) is 18.4 Å². The number of rotatable bonds is 1. The van der Waals surface area contributed by atoms with E-state index in [0.29, 0.717) is 11.1 Å². The Kier molecular flexibility index (Phi) is 2.37. The van der Waals surface area contributed by atoms with Gasteiger partial charge in [-0.2, -0.15) is 0 Å². The van der Waals surface area contributed by atoms with Crippen molar-refractivity contribution < 1.29 is 19.0 Å². The Morgan fingerprint density at radius 3 is 2.65 bits per heavy atom. The molecule has 4 heteroatoms. The summed E-state index contributed by atoms with van der Waals surface area (Å²) in [7, 11) is 0. The Morgan fingerprint density at radius 2 is 1.95 bits per heavy atom. The van der Waals surface area contributed by atoms with Crippen LogP contribution in [0.3, 0.4) is 0 Å². The number of aliphatic hydroxyl groups is 1. The van der Waals surface area contributed by atoms with Crippen LogP contribution in [-0.4, -0.2) is 23.1 Å². The Balaban J connectivity index is 1.86. The van der Waals surface area contributed by atoms with Crippen molar-refractivity contribution in [3.63, 3.8) is 0 Å². The maximum atomic E-state index is 13.5. The molecule has 2 bridgehead atoms. The van der Waals surface area contributed by atoms with Crippen molar-refractivity contribution in [3.05, 3.63) is 40.9 Å². The third-order valence-electron chi connectivity index (χ3n) is 4.86. The highest BCUT2D eigenvalue weighted by Gasteiger charge is 2.59. The number of hydrogen-bond acceptors (Lipinski definition) is 3. The largest absolute Gasteiger partial charge is 0.511 e. The van der Waals surface area contributed by atoms with Gasteiger partial charge in [-0.1, -0.05) is 6.07 Å². The summed E-state index contributed by atoms with van der Waals surface area (Å²) in [6, 6.07) is 4.34. The van der Waals surface area contributed by atoms with Crippen LogP contribution >= 0.6 is 0 Å². The lowest BCUT2D eigenvalue weighted by atomic mass is 9.80. The molecule has 0 aromatic heterocycles. The molecule has 1 aromatic rings. The second-order valence-electron chi connectivity index (χ2n) is 5.93. The Bertz CT molecular complexity index is 649. The van der Waals surface area contributed by atoms with Crippen molar-refractivity contribution in [2.24, 2.45) is 11.8 Å². The fourth-order valence-electron chi connectivity index (χ4n) is 3.95. The molecule has 2 heterocycles. The van der Waals surface area contributed by atoms with E-state index in [2.05, 4.69) is 0 Å². The quantitative estimate of drug-likeness (QED) is 0.856. The number of carbonyl (C=O) groups excluding carboxylic acids is 1. The maximum absolute atomic E-state index is 13.5. The molecule has 104 valence electrons. The first kappa shape index (κ1) is 12.1. The van der Waals surface area contributed by atoms with Gasteiger partial charge in [0.2, 0.25) is 0 Å². The van der Waals surface area contributed by atoms with E-state index in [4.69, 9.17) is 4.74 Å². The molecule has 2 saturated heterocycles. The van der Waals surface area contributed by atoms with Crippen LogP contribution in [0.4, 0.5) is 4.39 Å². The van der Waals surface area contributed by atoms with Crippen molar-refractivity contribution in [1.29, 1.82) is 0 Å². The standard InChI is InChI=1S/C16H15FO3/c1-7-2-3-8(17)6-9(7)12-15(18)13-10-4-5-11(20-10)14(13)16(12)19/h2-3,6,10-11,13-14,18H,4-5H2,1H3/t10-,11+,13-,14+/m1/s1. The van der Waals surface area contributed by atoms with Gasteiger partial charge < -0.3 is 9.84 Å². The Labute approximate surface area is 116 Å². The number of aliphatic hydroxyl groups excluding tert-OH is 1. The lowest BCUT2D eigenvalue weighted by Crippen LogP contribution is -2.29. The number of benzene rings is 1. The number of halogens is 1. The first-order chi connectivity index (χ1) is 9.58. The van der Waals surface area contributed by atoms with Crippen LogP contribution in [0, 0.1) is 24.6 Å². The summed E-state index contributed by atoms with van der Waals surface area (Å²) < 4.78 is 19.2. The molecule has 0 radical (unpaired) electrons. The zero-order valence-electron chi connectivity index (χ0n) is 11.1. The van der Waals surface area contributed by atoms with Crippen LogP contribution in [0.15, 0.2) is 24.0 Å². The van der Waals surface area contributed by atoms with E-state index < -0.39 is 5.82 Å². The zero-order valence-corrected chi connectivity index (χ0v) is 11.1. The molecule has 1 N–H and O–H groups in total. The van der Waals surface area contributed by atoms with Crippen LogP contribution < -0.4 is 0 Å². The number of allylic oxidation sites excluding steroid dienone is 1. The van der Waals surface area contributed by atoms with Crippen molar-refractivity contribution in [1.82, 2.24) is 0 Å². The molecule has 3 aliphatic rings. The molecule has 2 aliphatic heterocycles.